The van der Waals surface area contributed by atoms with E-state index in [2.05, 4.69) is 5.32 Å². The van der Waals surface area contributed by atoms with Crippen molar-refractivity contribution in [3.05, 3.63) is 24.3 Å². The van der Waals surface area contributed by atoms with Gasteiger partial charge in [0, 0.05) is 10.6 Å². The lowest BCUT2D eigenvalue weighted by molar-refractivity contribution is -0.122. The number of alkyl halides is 2. The Morgan fingerprint density at radius 1 is 1.19 bits per heavy atom. The first-order valence-electron chi connectivity index (χ1n) is 6.65. The van der Waals surface area contributed by atoms with Gasteiger partial charge in [-0.25, -0.2) is 0 Å². The lowest BCUT2D eigenvalue weighted by Crippen LogP contribution is -2.52. The summed E-state index contributed by atoms with van der Waals surface area (Å²) >= 11 is 0.483. The molecule has 0 bridgehead atoms. The number of anilines is 1. The summed E-state index contributed by atoms with van der Waals surface area (Å²) in [4.78, 5) is 12.7. The highest BCUT2D eigenvalue weighted by Gasteiger charge is 2.35. The van der Waals surface area contributed by atoms with Gasteiger partial charge in [0.05, 0.1) is 5.54 Å². The third-order valence-electron chi connectivity index (χ3n) is 3.54. The minimum atomic E-state index is -2.44. The zero-order valence-corrected chi connectivity index (χ0v) is 13.1. The van der Waals surface area contributed by atoms with E-state index in [-0.39, 0.29) is 18.3 Å². The number of halogens is 3. The van der Waals surface area contributed by atoms with Crippen molar-refractivity contribution in [3.63, 3.8) is 0 Å². The molecule has 1 aromatic rings. The van der Waals surface area contributed by atoms with E-state index in [9.17, 15) is 13.6 Å². The summed E-state index contributed by atoms with van der Waals surface area (Å²) in [5, 5.41) is 2.77. The van der Waals surface area contributed by atoms with E-state index in [1.165, 1.54) is 0 Å². The quantitative estimate of drug-likeness (QED) is 0.816. The van der Waals surface area contributed by atoms with Crippen molar-refractivity contribution in [2.45, 2.75) is 48.3 Å². The van der Waals surface area contributed by atoms with Crippen LogP contribution in [0.5, 0.6) is 0 Å². The van der Waals surface area contributed by atoms with Crippen molar-refractivity contribution in [1.82, 2.24) is 0 Å². The maximum absolute atomic E-state index is 12.2. The number of nitrogens with two attached hydrogens (primary N) is 1. The third-order valence-corrected chi connectivity index (χ3v) is 4.26. The van der Waals surface area contributed by atoms with Crippen molar-refractivity contribution >= 4 is 35.8 Å². The van der Waals surface area contributed by atoms with Gasteiger partial charge in [-0.05, 0) is 37.1 Å². The molecule has 0 unspecified atom stereocenters. The number of rotatable bonds is 4. The van der Waals surface area contributed by atoms with Gasteiger partial charge >= 0.3 is 0 Å². The largest absolute Gasteiger partial charge is 0.324 e. The molecule has 3 N–H and O–H groups in total. The van der Waals surface area contributed by atoms with Crippen LogP contribution in [0.4, 0.5) is 14.5 Å². The Balaban J connectivity index is 0.00000220. The van der Waals surface area contributed by atoms with Crippen LogP contribution in [-0.2, 0) is 4.79 Å². The van der Waals surface area contributed by atoms with E-state index in [0.29, 0.717) is 35.2 Å². The summed E-state index contributed by atoms with van der Waals surface area (Å²) < 4.78 is 24.4. The summed E-state index contributed by atoms with van der Waals surface area (Å²) in [5.41, 5.74) is 5.92. The van der Waals surface area contributed by atoms with Crippen molar-refractivity contribution in [3.8, 4) is 0 Å². The fourth-order valence-corrected chi connectivity index (χ4v) is 2.88. The van der Waals surface area contributed by atoms with E-state index in [0.717, 1.165) is 19.3 Å². The average molecular weight is 337 g/mol. The maximum atomic E-state index is 12.2. The first-order chi connectivity index (χ1) is 9.49. The van der Waals surface area contributed by atoms with E-state index < -0.39 is 11.3 Å². The van der Waals surface area contributed by atoms with Gasteiger partial charge in [-0.15, -0.1) is 12.4 Å². The van der Waals surface area contributed by atoms with Crippen molar-refractivity contribution in [2.75, 3.05) is 5.32 Å². The Labute approximate surface area is 133 Å². The number of amides is 1. The number of carbonyl (C=O) groups is 1. The molecule has 7 heteroatoms. The Morgan fingerprint density at radius 3 is 2.29 bits per heavy atom. The normalized spacial score (nSPS) is 17.1. The lowest BCUT2D eigenvalue weighted by atomic mass is 9.82. The highest BCUT2D eigenvalue weighted by atomic mass is 35.5. The van der Waals surface area contributed by atoms with Crippen molar-refractivity contribution < 1.29 is 13.6 Å². The highest BCUT2D eigenvalue weighted by molar-refractivity contribution is 7.99. The molecule has 1 fully saturated rings. The summed E-state index contributed by atoms with van der Waals surface area (Å²) in [7, 11) is 0. The summed E-state index contributed by atoms with van der Waals surface area (Å²) in [5.74, 6) is -2.63. The van der Waals surface area contributed by atoms with E-state index in [4.69, 9.17) is 5.73 Å². The van der Waals surface area contributed by atoms with Gasteiger partial charge in [-0.1, -0.05) is 31.0 Å². The van der Waals surface area contributed by atoms with Crippen molar-refractivity contribution in [2.24, 2.45) is 5.73 Å². The van der Waals surface area contributed by atoms with Gasteiger partial charge in [0.2, 0.25) is 5.91 Å². The van der Waals surface area contributed by atoms with Crippen molar-refractivity contribution in [1.29, 1.82) is 0 Å². The molecule has 1 amide bonds. The summed E-state index contributed by atoms with van der Waals surface area (Å²) in [6.45, 7) is 0. The molecular weight excluding hydrogens is 318 g/mol. The van der Waals surface area contributed by atoms with E-state index in [1.807, 2.05) is 0 Å². The Morgan fingerprint density at radius 2 is 1.76 bits per heavy atom. The van der Waals surface area contributed by atoms with Crippen LogP contribution in [0, 0.1) is 0 Å². The molecule has 0 heterocycles. The lowest BCUT2D eigenvalue weighted by Gasteiger charge is -2.31. The van der Waals surface area contributed by atoms with Crippen LogP contribution in [0.1, 0.15) is 32.1 Å². The van der Waals surface area contributed by atoms with Gasteiger partial charge in [-0.2, -0.15) is 8.78 Å². The molecule has 3 nitrogen and oxygen atoms in total. The van der Waals surface area contributed by atoms with Crippen LogP contribution in [0.25, 0.3) is 0 Å². The smallest absolute Gasteiger partial charge is 0.288 e. The van der Waals surface area contributed by atoms with Crippen LogP contribution in [0.2, 0.25) is 0 Å². The van der Waals surface area contributed by atoms with E-state index in [1.54, 1.807) is 24.3 Å². The molecule has 21 heavy (non-hydrogen) atoms. The molecule has 1 aromatic carbocycles. The molecule has 0 aromatic heterocycles. The van der Waals surface area contributed by atoms with Crippen LogP contribution >= 0.6 is 24.2 Å². The van der Waals surface area contributed by atoms with Crippen LogP contribution in [0.15, 0.2) is 29.2 Å². The van der Waals surface area contributed by atoms with Crippen LogP contribution in [-0.4, -0.2) is 17.2 Å². The number of thioether (sulfide) groups is 1. The average Bonchev–Trinajstić information content (AvgIpc) is 2.41. The molecule has 0 saturated heterocycles. The number of benzene rings is 1. The number of carbonyl (C=O) groups excluding carboxylic acids is 1. The minimum absolute atomic E-state index is 0. The van der Waals surface area contributed by atoms with E-state index >= 15 is 0 Å². The second kappa shape index (κ2) is 7.96. The molecule has 1 saturated carbocycles. The van der Waals surface area contributed by atoms with Gasteiger partial charge < -0.3 is 11.1 Å². The molecule has 0 spiro atoms. The van der Waals surface area contributed by atoms with Gasteiger partial charge in [0.25, 0.3) is 5.76 Å². The number of hydrogen-bond acceptors (Lipinski definition) is 3. The molecule has 0 aliphatic heterocycles. The zero-order valence-electron chi connectivity index (χ0n) is 11.5. The van der Waals surface area contributed by atoms with Gasteiger partial charge in [0.1, 0.15) is 0 Å². The molecule has 1 aliphatic carbocycles. The Kier molecular flexibility index (Phi) is 6.90. The molecule has 2 rings (SSSR count). The Hall–Kier alpha value is -0.850. The number of hydrogen-bond donors (Lipinski definition) is 2. The Bertz CT molecular complexity index is 465. The first-order valence-corrected chi connectivity index (χ1v) is 7.53. The van der Waals surface area contributed by atoms with Crippen LogP contribution < -0.4 is 11.1 Å². The van der Waals surface area contributed by atoms with Gasteiger partial charge in [0.15, 0.2) is 0 Å². The fraction of sp³-hybridized carbons (Fsp3) is 0.500. The highest BCUT2D eigenvalue weighted by Crippen LogP contribution is 2.29. The monoisotopic (exact) mass is 336 g/mol. The standard InChI is InChI=1S/C14H18F2N2OS.ClH/c15-13(16)20-11-6-4-10(5-7-11)18-12(19)14(17)8-2-1-3-9-14;/h4-7,13H,1-3,8-9,17H2,(H,18,19);1H. The predicted octanol–water partition coefficient (Wildman–Crippen LogP) is 4.02. The first kappa shape index (κ1) is 18.2. The minimum Gasteiger partial charge on any atom is -0.324 e. The SMILES string of the molecule is Cl.NC1(C(=O)Nc2ccc(SC(F)F)cc2)CCCCC1. The second-order valence-corrected chi connectivity index (χ2v) is 6.14. The molecule has 118 valence electrons. The maximum Gasteiger partial charge on any atom is 0.288 e. The molecule has 0 radical (unpaired) electrons. The topological polar surface area (TPSA) is 55.1 Å². The zero-order chi connectivity index (χ0) is 14.6. The predicted molar refractivity (Wildman–Crippen MR) is 84.2 cm³/mol. The van der Waals surface area contributed by atoms with Crippen LogP contribution in [0.3, 0.4) is 0 Å². The summed E-state index contributed by atoms with van der Waals surface area (Å²) in [6.07, 6.45) is 4.43. The second-order valence-electron chi connectivity index (χ2n) is 5.07. The summed E-state index contributed by atoms with van der Waals surface area (Å²) in [6, 6.07) is 6.37. The molecular formula is C14H19ClF2N2OS. The third kappa shape index (κ3) is 5.13. The van der Waals surface area contributed by atoms with Gasteiger partial charge in [-0.3, -0.25) is 4.79 Å². The molecule has 1 aliphatic rings. The number of nitrogens with one attached hydrogen (secondary N) is 1. The molecule has 0 atom stereocenters. The fourth-order valence-electron chi connectivity index (χ4n) is 2.39.